The van der Waals surface area contributed by atoms with Crippen LogP contribution in [0.2, 0.25) is 0 Å². The zero-order chi connectivity index (χ0) is 19.6. The average molecular weight is 386 g/mol. The number of hydrogen-bond donors (Lipinski definition) is 0. The lowest BCUT2D eigenvalue weighted by Gasteiger charge is -2.45. The Morgan fingerprint density at radius 2 is 1.82 bits per heavy atom. The van der Waals surface area contributed by atoms with Gasteiger partial charge in [0.05, 0.1) is 5.60 Å². The van der Waals surface area contributed by atoms with Crippen molar-refractivity contribution in [2.75, 3.05) is 32.8 Å². The molecule has 0 atom stereocenters. The highest BCUT2D eigenvalue weighted by Crippen LogP contribution is 2.35. The average Bonchev–Trinajstić information content (AvgIpc) is 2.74. The highest BCUT2D eigenvalue weighted by atomic mass is 16.5. The Balaban J connectivity index is 1.29. The maximum absolute atomic E-state index is 13.0. The van der Waals surface area contributed by atoms with Crippen molar-refractivity contribution in [3.63, 3.8) is 0 Å². The Labute approximate surface area is 167 Å². The van der Waals surface area contributed by atoms with Crippen molar-refractivity contribution < 1.29 is 14.3 Å². The molecule has 1 aromatic rings. The quantitative estimate of drug-likeness (QED) is 0.785. The number of piperidine rings is 2. The summed E-state index contributed by atoms with van der Waals surface area (Å²) in [5.74, 6) is 0.292. The van der Waals surface area contributed by atoms with Crippen molar-refractivity contribution in [1.29, 1.82) is 0 Å². The molecular weight excluding hydrogens is 354 g/mol. The molecule has 3 aliphatic rings. The number of ether oxygens (including phenoxy) is 1. The van der Waals surface area contributed by atoms with Gasteiger partial charge in [-0.15, -0.1) is 0 Å². The third kappa shape index (κ3) is 3.93. The molecule has 1 aromatic heterocycles. The van der Waals surface area contributed by atoms with E-state index >= 15 is 0 Å². The summed E-state index contributed by atoms with van der Waals surface area (Å²) in [7, 11) is 0. The molecule has 2 amide bonds. The third-order valence-electron chi connectivity index (χ3n) is 6.76. The molecule has 6 heteroatoms. The van der Waals surface area contributed by atoms with Crippen LogP contribution in [0, 0.1) is 12.8 Å². The predicted molar refractivity (Wildman–Crippen MR) is 106 cm³/mol. The monoisotopic (exact) mass is 385 g/mol. The van der Waals surface area contributed by atoms with E-state index in [-0.39, 0.29) is 23.3 Å². The molecule has 152 valence electrons. The van der Waals surface area contributed by atoms with Crippen molar-refractivity contribution in [1.82, 2.24) is 14.8 Å². The van der Waals surface area contributed by atoms with Crippen LogP contribution in [-0.2, 0) is 9.53 Å². The van der Waals surface area contributed by atoms with E-state index in [1.165, 1.54) is 12.8 Å². The Hall–Kier alpha value is -1.95. The van der Waals surface area contributed by atoms with Crippen LogP contribution in [0.4, 0.5) is 0 Å². The fourth-order valence-corrected chi connectivity index (χ4v) is 4.89. The molecule has 0 saturated carbocycles. The van der Waals surface area contributed by atoms with E-state index in [2.05, 4.69) is 4.98 Å². The van der Waals surface area contributed by atoms with Gasteiger partial charge in [-0.25, -0.2) is 0 Å². The number of likely N-dealkylation sites (tertiary alicyclic amines) is 2. The summed E-state index contributed by atoms with van der Waals surface area (Å²) in [5, 5.41) is 0. The van der Waals surface area contributed by atoms with E-state index in [1.807, 2.05) is 28.9 Å². The van der Waals surface area contributed by atoms with Crippen LogP contribution in [0.3, 0.4) is 0 Å². The zero-order valence-electron chi connectivity index (χ0n) is 16.9. The Morgan fingerprint density at radius 1 is 1.07 bits per heavy atom. The zero-order valence-corrected chi connectivity index (χ0v) is 16.9. The number of hydrogen-bond acceptors (Lipinski definition) is 4. The first-order valence-corrected chi connectivity index (χ1v) is 10.7. The number of carbonyl (C=O) groups is 2. The summed E-state index contributed by atoms with van der Waals surface area (Å²) in [6, 6.07) is 3.76. The van der Waals surface area contributed by atoms with Crippen LogP contribution in [-0.4, -0.2) is 65.0 Å². The molecule has 0 N–H and O–H groups in total. The van der Waals surface area contributed by atoms with Gasteiger partial charge in [-0.2, -0.15) is 0 Å². The summed E-state index contributed by atoms with van der Waals surface area (Å²) in [6.45, 7) is 5.67. The summed E-state index contributed by atoms with van der Waals surface area (Å²) in [4.78, 5) is 33.8. The van der Waals surface area contributed by atoms with E-state index in [0.29, 0.717) is 18.8 Å². The van der Waals surface area contributed by atoms with E-state index in [4.69, 9.17) is 4.74 Å². The number of amides is 2. The second-order valence-corrected chi connectivity index (χ2v) is 8.55. The Kier molecular flexibility index (Phi) is 5.67. The Morgan fingerprint density at radius 3 is 2.46 bits per heavy atom. The van der Waals surface area contributed by atoms with Gasteiger partial charge < -0.3 is 14.5 Å². The molecule has 0 bridgehead atoms. The second kappa shape index (κ2) is 8.19. The fourth-order valence-electron chi connectivity index (χ4n) is 4.89. The van der Waals surface area contributed by atoms with Crippen LogP contribution in [0.15, 0.2) is 18.3 Å². The third-order valence-corrected chi connectivity index (χ3v) is 6.76. The molecular formula is C22H31N3O3. The molecule has 6 nitrogen and oxygen atoms in total. The number of carbonyl (C=O) groups excluding carboxylic acids is 2. The van der Waals surface area contributed by atoms with Crippen molar-refractivity contribution in [2.24, 2.45) is 5.92 Å². The van der Waals surface area contributed by atoms with Gasteiger partial charge in [-0.3, -0.25) is 14.6 Å². The van der Waals surface area contributed by atoms with Crippen LogP contribution in [0.5, 0.6) is 0 Å². The molecule has 0 aromatic carbocycles. The van der Waals surface area contributed by atoms with Gasteiger partial charge in [0.15, 0.2) is 0 Å². The lowest BCUT2D eigenvalue weighted by molar-refractivity contribution is -0.147. The van der Waals surface area contributed by atoms with Crippen molar-refractivity contribution >= 4 is 11.8 Å². The van der Waals surface area contributed by atoms with Crippen molar-refractivity contribution in [2.45, 2.75) is 57.5 Å². The maximum atomic E-state index is 13.0. The lowest BCUT2D eigenvalue weighted by Crippen LogP contribution is -2.52. The van der Waals surface area contributed by atoms with Crippen LogP contribution >= 0.6 is 0 Å². The summed E-state index contributed by atoms with van der Waals surface area (Å²) in [6.07, 6.45) is 8.64. The van der Waals surface area contributed by atoms with Gasteiger partial charge in [0, 0.05) is 44.9 Å². The van der Waals surface area contributed by atoms with Crippen LogP contribution in [0.25, 0.3) is 0 Å². The van der Waals surface area contributed by atoms with Crippen molar-refractivity contribution in [3.05, 3.63) is 29.6 Å². The number of pyridine rings is 1. The first-order chi connectivity index (χ1) is 13.6. The largest absolute Gasteiger partial charge is 0.375 e. The van der Waals surface area contributed by atoms with Gasteiger partial charge >= 0.3 is 0 Å². The number of rotatable bonds is 2. The highest BCUT2D eigenvalue weighted by molar-refractivity contribution is 5.93. The van der Waals surface area contributed by atoms with Crippen LogP contribution in [0.1, 0.15) is 61.0 Å². The SMILES string of the molecule is Cc1cccnc1C(=O)N1CCC(C(=O)N2CCC3(CCCCO3)CC2)CC1. The number of aromatic nitrogens is 1. The van der Waals surface area contributed by atoms with Gasteiger partial charge in [0.2, 0.25) is 5.91 Å². The number of aryl methyl sites for hydroxylation is 1. The predicted octanol–water partition coefficient (Wildman–Crippen LogP) is 2.80. The normalized spacial score (nSPS) is 23.0. The summed E-state index contributed by atoms with van der Waals surface area (Å²) >= 11 is 0. The molecule has 4 heterocycles. The summed E-state index contributed by atoms with van der Waals surface area (Å²) in [5.41, 5.74) is 1.46. The molecule has 0 radical (unpaired) electrons. The van der Waals surface area contributed by atoms with E-state index in [1.54, 1.807) is 6.20 Å². The molecule has 1 spiro atoms. The van der Waals surface area contributed by atoms with Gasteiger partial charge in [0.25, 0.3) is 5.91 Å². The standard InChI is InChI=1S/C22H31N3O3/c1-17-5-4-11-23-19(17)21(27)24-12-6-18(7-13-24)20(26)25-14-9-22(10-15-25)8-2-3-16-28-22/h4-5,11,18H,2-3,6-10,12-16H2,1H3. The minimum Gasteiger partial charge on any atom is -0.375 e. The first-order valence-electron chi connectivity index (χ1n) is 10.7. The molecule has 0 unspecified atom stereocenters. The molecule has 0 aliphatic carbocycles. The van der Waals surface area contributed by atoms with E-state index < -0.39 is 0 Å². The first kappa shape index (κ1) is 19.4. The molecule has 3 aliphatic heterocycles. The lowest BCUT2D eigenvalue weighted by atomic mass is 9.84. The van der Waals surface area contributed by atoms with Gasteiger partial charge in [0.1, 0.15) is 5.69 Å². The minimum absolute atomic E-state index is 0.0154. The minimum atomic E-state index is -0.0154. The highest BCUT2D eigenvalue weighted by Gasteiger charge is 2.39. The summed E-state index contributed by atoms with van der Waals surface area (Å²) < 4.78 is 6.08. The Bertz CT molecular complexity index is 711. The van der Waals surface area contributed by atoms with E-state index in [9.17, 15) is 9.59 Å². The molecule has 28 heavy (non-hydrogen) atoms. The molecule has 4 rings (SSSR count). The fraction of sp³-hybridized carbons (Fsp3) is 0.682. The molecule has 3 saturated heterocycles. The smallest absolute Gasteiger partial charge is 0.272 e. The van der Waals surface area contributed by atoms with Gasteiger partial charge in [-0.1, -0.05) is 6.07 Å². The molecule has 3 fully saturated rings. The van der Waals surface area contributed by atoms with E-state index in [0.717, 1.165) is 57.4 Å². The topological polar surface area (TPSA) is 62.7 Å². The second-order valence-electron chi connectivity index (χ2n) is 8.55. The maximum Gasteiger partial charge on any atom is 0.272 e. The van der Waals surface area contributed by atoms with Crippen molar-refractivity contribution in [3.8, 4) is 0 Å². The van der Waals surface area contributed by atoms with Crippen LogP contribution < -0.4 is 0 Å². The number of nitrogens with zero attached hydrogens (tertiary/aromatic N) is 3. The van der Waals surface area contributed by atoms with Gasteiger partial charge in [-0.05, 0) is 63.5 Å².